The highest BCUT2D eigenvalue weighted by Gasteiger charge is 2.40. The van der Waals surface area contributed by atoms with Crippen molar-refractivity contribution in [2.24, 2.45) is 17.3 Å². The Morgan fingerprint density at radius 1 is 1.43 bits per heavy atom. The molecule has 3 unspecified atom stereocenters. The smallest absolute Gasteiger partial charge is 0.308 e. The number of aromatic nitrogens is 2. The lowest BCUT2D eigenvalue weighted by Crippen LogP contribution is -2.37. The van der Waals surface area contributed by atoms with Gasteiger partial charge in [-0.2, -0.15) is 0 Å². The van der Waals surface area contributed by atoms with E-state index in [9.17, 15) is 9.90 Å². The lowest BCUT2D eigenvalue weighted by molar-refractivity contribution is -0.145. The molecule has 0 bridgehead atoms. The Morgan fingerprint density at radius 2 is 2.14 bits per heavy atom. The van der Waals surface area contributed by atoms with Crippen LogP contribution in [0.3, 0.4) is 0 Å². The number of imidazole rings is 1. The fourth-order valence-electron chi connectivity index (χ4n) is 3.59. The van der Waals surface area contributed by atoms with Crippen LogP contribution in [-0.2, 0) is 11.2 Å². The molecule has 1 aliphatic carbocycles. The van der Waals surface area contributed by atoms with Crippen LogP contribution < -0.4 is 0 Å². The van der Waals surface area contributed by atoms with Crippen LogP contribution in [0.5, 0.6) is 0 Å². The van der Waals surface area contributed by atoms with E-state index in [2.05, 4.69) is 37.2 Å². The molecule has 0 amide bonds. The molecule has 1 aliphatic rings. The van der Waals surface area contributed by atoms with E-state index in [4.69, 9.17) is 0 Å². The lowest BCUT2D eigenvalue weighted by Gasteiger charge is -2.41. The lowest BCUT2D eigenvalue weighted by atomic mass is 9.67. The van der Waals surface area contributed by atoms with Crippen LogP contribution in [0.2, 0.25) is 0 Å². The largest absolute Gasteiger partial charge is 0.481 e. The first kappa shape index (κ1) is 16.1. The summed E-state index contributed by atoms with van der Waals surface area (Å²) in [5.41, 5.74) is 0.229. The molecule has 3 atom stereocenters. The van der Waals surface area contributed by atoms with Crippen molar-refractivity contribution in [1.29, 1.82) is 0 Å². The zero-order valence-electron chi connectivity index (χ0n) is 13.7. The van der Waals surface area contributed by atoms with E-state index in [1.807, 2.05) is 12.4 Å². The van der Waals surface area contributed by atoms with Gasteiger partial charge in [0.2, 0.25) is 0 Å². The van der Waals surface area contributed by atoms with Crippen molar-refractivity contribution in [2.75, 3.05) is 0 Å². The maximum atomic E-state index is 11.7. The number of nitrogens with zero attached hydrogens (tertiary/aromatic N) is 2. The number of hydrogen-bond donors (Lipinski definition) is 1. The second kappa shape index (κ2) is 6.20. The molecule has 1 fully saturated rings. The number of hydrogen-bond acceptors (Lipinski definition) is 2. The van der Waals surface area contributed by atoms with Crippen molar-refractivity contribution in [3.05, 3.63) is 18.2 Å². The van der Waals surface area contributed by atoms with Gasteiger partial charge < -0.3 is 9.67 Å². The molecule has 0 radical (unpaired) electrons. The van der Waals surface area contributed by atoms with E-state index in [1.54, 1.807) is 0 Å². The van der Waals surface area contributed by atoms with Gasteiger partial charge in [0.05, 0.1) is 5.92 Å². The van der Waals surface area contributed by atoms with E-state index >= 15 is 0 Å². The van der Waals surface area contributed by atoms with Crippen LogP contribution in [0.15, 0.2) is 12.4 Å². The van der Waals surface area contributed by atoms with Crippen molar-refractivity contribution in [1.82, 2.24) is 9.55 Å². The summed E-state index contributed by atoms with van der Waals surface area (Å²) >= 11 is 0. The Kier molecular flexibility index (Phi) is 4.74. The van der Waals surface area contributed by atoms with Crippen LogP contribution in [0.25, 0.3) is 0 Å². The van der Waals surface area contributed by atoms with Crippen molar-refractivity contribution in [3.63, 3.8) is 0 Å². The summed E-state index contributed by atoms with van der Waals surface area (Å²) < 4.78 is 2.14. The summed E-state index contributed by atoms with van der Waals surface area (Å²) in [6.07, 6.45) is 8.44. The van der Waals surface area contributed by atoms with Gasteiger partial charge in [0, 0.05) is 24.9 Å². The Balaban J connectivity index is 2.29. The van der Waals surface area contributed by atoms with Crippen LogP contribution >= 0.6 is 0 Å². The average molecular weight is 292 g/mol. The molecule has 118 valence electrons. The quantitative estimate of drug-likeness (QED) is 0.915. The van der Waals surface area contributed by atoms with Crippen LogP contribution in [0.1, 0.15) is 65.2 Å². The number of aliphatic carboxylic acids is 1. The van der Waals surface area contributed by atoms with Crippen molar-refractivity contribution >= 4 is 5.97 Å². The molecule has 2 rings (SSSR count). The molecule has 0 spiro atoms. The fourth-order valence-corrected chi connectivity index (χ4v) is 3.59. The van der Waals surface area contributed by atoms with Crippen molar-refractivity contribution in [2.45, 2.75) is 65.8 Å². The van der Waals surface area contributed by atoms with E-state index < -0.39 is 5.97 Å². The molecule has 1 saturated carbocycles. The zero-order valence-corrected chi connectivity index (χ0v) is 13.7. The molecule has 1 heterocycles. The minimum atomic E-state index is -0.663. The average Bonchev–Trinajstić information content (AvgIpc) is 2.85. The highest BCUT2D eigenvalue weighted by Crippen LogP contribution is 2.45. The third-order valence-corrected chi connectivity index (χ3v) is 4.94. The van der Waals surface area contributed by atoms with Crippen LogP contribution in [0.4, 0.5) is 0 Å². The summed E-state index contributed by atoms with van der Waals surface area (Å²) in [5, 5.41) is 9.58. The molecule has 21 heavy (non-hydrogen) atoms. The first-order valence-corrected chi connectivity index (χ1v) is 8.09. The molecule has 4 heteroatoms. The SMILES string of the molecule is CCCc1nccn1C1CC(C(C)(C)C)CCC1C(=O)O. The summed E-state index contributed by atoms with van der Waals surface area (Å²) in [7, 11) is 0. The Labute approximate surface area is 127 Å². The second-order valence-electron chi connectivity index (χ2n) is 7.39. The van der Waals surface area contributed by atoms with Crippen LogP contribution in [0, 0.1) is 17.3 Å². The topological polar surface area (TPSA) is 55.1 Å². The molecular formula is C17H28N2O2. The molecule has 1 N–H and O–H groups in total. The number of rotatable bonds is 4. The summed E-state index contributed by atoms with van der Waals surface area (Å²) in [5.74, 6) is 0.648. The Morgan fingerprint density at radius 3 is 2.71 bits per heavy atom. The zero-order chi connectivity index (χ0) is 15.6. The number of aryl methyl sites for hydroxylation is 1. The van der Waals surface area contributed by atoms with Gasteiger partial charge in [0.1, 0.15) is 5.82 Å². The molecule has 1 aromatic rings. The third kappa shape index (κ3) is 3.47. The van der Waals surface area contributed by atoms with Gasteiger partial charge in [-0.1, -0.05) is 27.7 Å². The number of carboxylic acids is 1. The van der Waals surface area contributed by atoms with Gasteiger partial charge in [-0.3, -0.25) is 4.79 Å². The first-order chi connectivity index (χ1) is 9.84. The van der Waals surface area contributed by atoms with E-state index in [-0.39, 0.29) is 17.4 Å². The molecule has 0 aromatic carbocycles. The molecule has 0 aliphatic heterocycles. The fraction of sp³-hybridized carbons (Fsp3) is 0.765. The minimum Gasteiger partial charge on any atom is -0.481 e. The van der Waals surface area contributed by atoms with Gasteiger partial charge in [-0.25, -0.2) is 4.98 Å². The van der Waals surface area contributed by atoms with Gasteiger partial charge in [0.15, 0.2) is 0 Å². The first-order valence-electron chi connectivity index (χ1n) is 8.09. The predicted octanol–water partition coefficient (Wildman–Crippen LogP) is 3.92. The van der Waals surface area contributed by atoms with Gasteiger partial charge in [-0.05, 0) is 37.0 Å². The van der Waals surface area contributed by atoms with Crippen molar-refractivity contribution < 1.29 is 9.90 Å². The molecular weight excluding hydrogens is 264 g/mol. The Bertz CT molecular complexity index is 487. The van der Waals surface area contributed by atoms with Crippen LogP contribution in [-0.4, -0.2) is 20.6 Å². The molecule has 1 aromatic heterocycles. The van der Waals surface area contributed by atoms with Gasteiger partial charge in [0.25, 0.3) is 0 Å². The van der Waals surface area contributed by atoms with E-state index in [0.29, 0.717) is 5.92 Å². The monoisotopic (exact) mass is 292 g/mol. The highest BCUT2D eigenvalue weighted by molar-refractivity contribution is 5.70. The number of carbonyl (C=O) groups is 1. The summed E-state index contributed by atoms with van der Waals surface area (Å²) in [4.78, 5) is 16.1. The third-order valence-electron chi connectivity index (χ3n) is 4.94. The summed E-state index contributed by atoms with van der Waals surface area (Å²) in [6, 6.07) is 0.0459. The normalized spacial score (nSPS) is 26.8. The van der Waals surface area contributed by atoms with E-state index in [0.717, 1.165) is 37.9 Å². The molecule has 0 saturated heterocycles. The number of carboxylic acid groups (broad SMARTS) is 1. The summed E-state index contributed by atoms with van der Waals surface area (Å²) in [6.45, 7) is 8.91. The van der Waals surface area contributed by atoms with E-state index in [1.165, 1.54) is 0 Å². The van der Waals surface area contributed by atoms with Gasteiger partial charge in [-0.15, -0.1) is 0 Å². The van der Waals surface area contributed by atoms with Gasteiger partial charge >= 0.3 is 5.97 Å². The standard InChI is InChI=1S/C17H28N2O2/c1-5-6-15-18-9-10-19(15)14-11-12(17(2,3)4)7-8-13(14)16(20)21/h9-10,12-14H,5-8,11H2,1-4H3,(H,20,21). The molecule has 4 nitrogen and oxygen atoms in total. The predicted molar refractivity (Wildman–Crippen MR) is 83.2 cm³/mol. The van der Waals surface area contributed by atoms with Crippen molar-refractivity contribution in [3.8, 4) is 0 Å². The maximum absolute atomic E-state index is 11.7. The maximum Gasteiger partial charge on any atom is 0.308 e. The second-order valence-corrected chi connectivity index (χ2v) is 7.39. The Hall–Kier alpha value is -1.32. The minimum absolute atomic E-state index is 0.0459. The highest BCUT2D eigenvalue weighted by atomic mass is 16.4.